The Morgan fingerprint density at radius 3 is 1.73 bits per heavy atom. The van der Waals surface area contributed by atoms with Gasteiger partial charge in [-0.3, -0.25) is 0 Å². The second-order valence-corrected chi connectivity index (χ2v) is 6.59. The van der Waals surface area contributed by atoms with Crippen LogP contribution in [0.1, 0.15) is 11.1 Å². The van der Waals surface area contributed by atoms with Crippen molar-refractivity contribution >= 4 is 0 Å². The molecule has 0 saturated heterocycles. The van der Waals surface area contributed by atoms with Gasteiger partial charge in [0.05, 0.1) is 5.69 Å². The summed E-state index contributed by atoms with van der Waals surface area (Å²) in [6.07, 6.45) is 0. The Hall–Kier alpha value is -3.26. The van der Waals surface area contributed by atoms with Crippen molar-refractivity contribution < 1.29 is 0 Å². The first-order valence-electron chi connectivity index (χ1n) is 8.78. The third kappa shape index (κ3) is 3.27. The van der Waals surface area contributed by atoms with Crippen LogP contribution in [0.5, 0.6) is 0 Å². The highest BCUT2D eigenvalue weighted by Crippen LogP contribution is 2.32. The van der Waals surface area contributed by atoms with Crippen LogP contribution < -0.4 is 0 Å². The van der Waals surface area contributed by atoms with Gasteiger partial charge in [0.2, 0.25) is 0 Å². The number of nitrogens with zero attached hydrogens (tertiary/aromatic N) is 2. The first-order valence-corrected chi connectivity index (χ1v) is 8.78. The van der Waals surface area contributed by atoms with Gasteiger partial charge in [0.15, 0.2) is 0 Å². The molecular weight excluding hydrogens is 316 g/mol. The molecule has 26 heavy (non-hydrogen) atoms. The van der Waals surface area contributed by atoms with Crippen molar-refractivity contribution in [3.8, 4) is 33.6 Å². The van der Waals surface area contributed by atoms with Crippen LogP contribution in [0.3, 0.4) is 0 Å². The lowest BCUT2D eigenvalue weighted by Crippen LogP contribution is -1.96. The Labute approximate surface area is 154 Å². The second-order valence-electron chi connectivity index (χ2n) is 6.59. The number of rotatable bonds is 3. The van der Waals surface area contributed by atoms with E-state index in [1.807, 2.05) is 6.07 Å². The zero-order valence-electron chi connectivity index (χ0n) is 15.0. The van der Waals surface area contributed by atoms with Gasteiger partial charge in [-0.25, -0.2) is 0 Å². The predicted octanol–water partition coefficient (Wildman–Crippen LogP) is 6.09. The lowest BCUT2D eigenvalue weighted by Gasteiger charge is -2.11. The van der Waals surface area contributed by atoms with Crippen LogP contribution in [-0.4, -0.2) is 10.2 Å². The van der Waals surface area contributed by atoms with Crippen molar-refractivity contribution in [2.45, 2.75) is 13.8 Å². The number of hydrogen-bond donors (Lipinski definition) is 0. The molecule has 3 aromatic carbocycles. The molecule has 0 aliphatic rings. The average molecular weight is 336 g/mol. The van der Waals surface area contributed by atoms with Crippen LogP contribution in [0.2, 0.25) is 0 Å². The third-order valence-corrected chi connectivity index (χ3v) is 4.55. The van der Waals surface area contributed by atoms with Gasteiger partial charge in [-0.15, -0.1) is 10.2 Å². The monoisotopic (exact) mass is 336 g/mol. The van der Waals surface area contributed by atoms with Crippen LogP contribution in [0.4, 0.5) is 0 Å². The summed E-state index contributed by atoms with van der Waals surface area (Å²) >= 11 is 0. The maximum absolute atomic E-state index is 4.60. The van der Waals surface area contributed by atoms with Crippen LogP contribution in [-0.2, 0) is 0 Å². The Bertz CT molecular complexity index is 1020. The average Bonchev–Trinajstić information content (AvgIpc) is 2.69. The van der Waals surface area contributed by atoms with Gasteiger partial charge >= 0.3 is 0 Å². The number of aryl methyl sites for hydroxylation is 2. The smallest absolute Gasteiger partial charge is 0.101 e. The van der Waals surface area contributed by atoms with E-state index in [0.717, 1.165) is 33.6 Å². The fourth-order valence-corrected chi connectivity index (χ4v) is 3.02. The summed E-state index contributed by atoms with van der Waals surface area (Å²) in [4.78, 5) is 0. The molecule has 0 radical (unpaired) electrons. The predicted molar refractivity (Wildman–Crippen MR) is 108 cm³/mol. The fourth-order valence-electron chi connectivity index (χ4n) is 3.02. The van der Waals surface area contributed by atoms with E-state index in [9.17, 15) is 0 Å². The van der Waals surface area contributed by atoms with E-state index in [4.69, 9.17) is 0 Å². The van der Waals surface area contributed by atoms with Gasteiger partial charge in [0, 0.05) is 16.7 Å². The van der Waals surface area contributed by atoms with E-state index in [1.165, 1.54) is 11.1 Å². The Kier molecular flexibility index (Phi) is 4.32. The topological polar surface area (TPSA) is 25.8 Å². The minimum atomic E-state index is 0.889. The molecule has 4 rings (SSSR count). The maximum atomic E-state index is 4.60. The highest BCUT2D eigenvalue weighted by atomic mass is 15.1. The van der Waals surface area contributed by atoms with Crippen molar-refractivity contribution in [2.24, 2.45) is 0 Å². The van der Waals surface area contributed by atoms with Gasteiger partial charge in [0.25, 0.3) is 0 Å². The standard InChI is InChI=1S/C24H20N2/c1-17-8-12-20(13-9-17)23-16-22(19-6-4-3-5-7-19)24(26-25-23)21-14-10-18(2)11-15-21/h3-16H,1-2H3. The van der Waals surface area contributed by atoms with E-state index in [0.29, 0.717) is 0 Å². The lowest BCUT2D eigenvalue weighted by molar-refractivity contribution is 1.05. The zero-order valence-corrected chi connectivity index (χ0v) is 15.0. The quantitative estimate of drug-likeness (QED) is 0.452. The molecule has 0 fully saturated rings. The van der Waals surface area contributed by atoms with E-state index >= 15 is 0 Å². The zero-order chi connectivity index (χ0) is 17.9. The summed E-state index contributed by atoms with van der Waals surface area (Å²) in [7, 11) is 0. The minimum Gasteiger partial charge on any atom is -0.150 e. The van der Waals surface area contributed by atoms with Gasteiger partial charge in [-0.05, 0) is 25.5 Å². The molecule has 0 aliphatic carbocycles. The molecule has 126 valence electrons. The summed E-state index contributed by atoms with van der Waals surface area (Å²) < 4.78 is 0. The largest absolute Gasteiger partial charge is 0.150 e. The Balaban J connectivity index is 1.89. The van der Waals surface area contributed by atoms with Gasteiger partial charge in [-0.2, -0.15) is 0 Å². The van der Waals surface area contributed by atoms with Crippen LogP contribution in [0.25, 0.3) is 33.6 Å². The molecule has 0 bridgehead atoms. The number of benzene rings is 3. The van der Waals surface area contributed by atoms with Crippen molar-refractivity contribution in [3.05, 3.63) is 96.1 Å². The summed E-state index contributed by atoms with van der Waals surface area (Å²) in [5.41, 5.74) is 8.67. The highest BCUT2D eigenvalue weighted by Gasteiger charge is 2.12. The van der Waals surface area contributed by atoms with E-state index < -0.39 is 0 Å². The van der Waals surface area contributed by atoms with Crippen molar-refractivity contribution in [3.63, 3.8) is 0 Å². The first-order chi connectivity index (χ1) is 12.7. The molecular formula is C24H20N2. The molecule has 1 aromatic heterocycles. The molecule has 2 nitrogen and oxygen atoms in total. The molecule has 0 atom stereocenters. The van der Waals surface area contributed by atoms with Gasteiger partial charge in [0.1, 0.15) is 5.69 Å². The van der Waals surface area contributed by atoms with Crippen molar-refractivity contribution in [2.75, 3.05) is 0 Å². The summed E-state index contributed by atoms with van der Waals surface area (Å²) in [5, 5.41) is 9.12. The van der Waals surface area contributed by atoms with Gasteiger partial charge in [-0.1, -0.05) is 90.0 Å². The SMILES string of the molecule is Cc1ccc(-c2cc(-c3ccccc3)c(-c3ccc(C)cc3)nn2)cc1. The summed E-state index contributed by atoms with van der Waals surface area (Å²) in [6, 6.07) is 29.4. The highest BCUT2D eigenvalue weighted by molar-refractivity contribution is 5.83. The molecule has 0 spiro atoms. The number of aromatic nitrogens is 2. The molecule has 0 N–H and O–H groups in total. The molecule has 2 heteroatoms. The van der Waals surface area contributed by atoms with Crippen LogP contribution in [0, 0.1) is 13.8 Å². The molecule has 0 aliphatic heterocycles. The van der Waals surface area contributed by atoms with Crippen LogP contribution in [0.15, 0.2) is 84.9 Å². The van der Waals surface area contributed by atoms with E-state index in [1.54, 1.807) is 0 Å². The van der Waals surface area contributed by atoms with E-state index in [2.05, 4.69) is 103 Å². The molecule has 0 amide bonds. The Morgan fingerprint density at radius 1 is 0.538 bits per heavy atom. The second kappa shape index (κ2) is 6.93. The molecule has 1 heterocycles. The molecule has 0 saturated carbocycles. The van der Waals surface area contributed by atoms with Crippen LogP contribution >= 0.6 is 0 Å². The lowest BCUT2D eigenvalue weighted by atomic mass is 9.97. The Morgan fingerprint density at radius 2 is 1.12 bits per heavy atom. The van der Waals surface area contributed by atoms with Crippen molar-refractivity contribution in [1.82, 2.24) is 10.2 Å². The minimum absolute atomic E-state index is 0.889. The molecule has 0 unspecified atom stereocenters. The maximum Gasteiger partial charge on any atom is 0.101 e. The fraction of sp³-hybridized carbons (Fsp3) is 0.0833. The van der Waals surface area contributed by atoms with Gasteiger partial charge < -0.3 is 0 Å². The third-order valence-electron chi connectivity index (χ3n) is 4.55. The molecule has 4 aromatic rings. The first kappa shape index (κ1) is 16.2. The number of hydrogen-bond acceptors (Lipinski definition) is 2. The summed E-state index contributed by atoms with van der Waals surface area (Å²) in [5.74, 6) is 0. The summed E-state index contributed by atoms with van der Waals surface area (Å²) in [6.45, 7) is 4.18. The normalized spacial score (nSPS) is 10.7. The van der Waals surface area contributed by atoms with E-state index in [-0.39, 0.29) is 0 Å². The van der Waals surface area contributed by atoms with Crippen molar-refractivity contribution in [1.29, 1.82) is 0 Å².